The third kappa shape index (κ3) is 2.10. The van der Waals surface area contributed by atoms with E-state index in [1.807, 2.05) is 31.2 Å². The Morgan fingerprint density at radius 3 is 2.62 bits per heavy atom. The number of aryl methyl sites for hydroxylation is 1. The van der Waals surface area contributed by atoms with Crippen molar-refractivity contribution in [2.75, 3.05) is 6.54 Å². The van der Waals surface area contributed by atoms with Gasteiger partial charge in [0, 0.05) is 5.56 Å². The van der Waals surface area contributed by atoms with E-state index in [-0.39, 0.29) is 0 Å². The first kappa shape index (κ1) is 11.2. The zero-order chi connectivity index (χ0) is 11.5. The molecule has 0 unspecified atom stereocenters. The summed E-state index contributed by atoms with van der Waals surface area (Å²) in [7, 11) is 0. The number of rotatable bonds is 3. The van der Waals surface area contributed by atoms with Gasteiger partial charge in [-0.15, -0.1) is 0 Å². The standard InChI is InChI=1S/C12H14ClN3/c1-9-2-4-11(5-3-9)16-12(13)10(6-7-14)8-15-16/h2-5,8H,6-7,14H2,1H3. The van der Waals surface area contributed by atoms with E-state index in [1.165, 1.54) is 5.56 Å². The normalized spacial score (nSPS) is 10.7. The highest BCUT2D eigenvalue weighted by Crippen LogP contribution is 2.20. The summed E-state index contributed by atoms with van der Waals surface area (Å²) in [6, 6.07) is 8.08. The summed E-state index contributed by atoms with van der Waals surface area (Å²) in [4.78, 5) is 0. The minimum atomic E-state index is 0.583. The summed E-state index contributed by atoms with van der Waals surface area (Å²) in [6.45, 7) is 2.63. The van der Waals surface area contributed by atoms with E-state index in [0.717, 1.165) is 17.7 Å². The Labute approximate surface area is 99.8 Å². The van der Waals surface area contributed by atoms with Gasteiger partial charge < -0.3 is 5.73 Å². The molecule has 0 amide bonds. The van der Waals surface area contributed by atoms with E-state index in [1.54, 1.807) is 10.9 Å². The van der Waals surface area contributed by atoms with Gasteiger partial charge in [-0.2, -0.15) is 5.10 Å². The van der Waals surface area contributed by atoms with Gasteiger partial charge in [0.15, 0.2) is 0 Å². The van der Waals surface area contributed by atoms with Gasteiger partial charge in [0.1, 0.15) is 5.15 Å². The predicted octanol–water partition coefficient (Wildman–Crippen LogP) is 2.34. The molecule has 16 heavy (non-hydrogen) atoms. The second kappa shape index (κ2) is 4.68. The average Bonchev–Trinajstić information content (AvgIpc) is 2.63. The molecule has 0 bridgehead atoms. The molecule has 0 aliphatic rings. The molecule has 1 heterocycles. The van der Waals surface area contributed by atoms with Gasteiger partial charge in [-0.3, -0.25) is 0 Å². The molecule has 84 valence electrons. The summed E-state index contributed by atoms with van der Waals surface area (Å²) >= 11 is 6.22. The van der Waals surface area contributed by atoms with Crippen LogP contribution in [0.1, 0.15) is 11.1 Å². The maximum Gasteiger partial charge on any atom is 0.136 e. The Bertz CT molecular complexity index is 474. The highest BCUT2D eigenvalue weighted by molar-refractivity contribution is 6.30. The zero-order valence-corrected chi connectivity index (χ0v) is 9.91. The molecule has 0 aliphatic carbocycles. The predicted molar refractivity (Wildman–Crippen MR) is 66.1 cm³/mol. The maximum atomic E-state index is 6.22. The molecule has 0 saturated heterocycles. The molecule has 0 spiro atoms. The number of hydrogen-bond acceptors (Lipinski definition) is 2. The van der Waals surface area contributed by atoms with E-state index < -0.39 is 0 Å². The molecule has 2 rings (SSSR count). The lowest BCUT2D eigenvalue weighted by Gasteiger charge is -2.04. The summed E-state index contributed by atoms with van der Waals surface area (Å²) in [5.41, 5.74) is 8.68. The van der Waals surface area contributed by atoms with Crippen molar-refractivity contribution in [2.24, 2.45) is 5.73 Å². The lowest BCUT2D eigenvalue weighted by Crippen LogP contribution is -2.02. The second-order valence-corrected chi connectivity index (χ2v) is 4.10. The van der Waals surface area contributed by atoms with Crippen LogP contribution in [-0.4, -0.2) is 16.3 Å². The molecule has 3 nitrogen and oxygen atoms in total. The van der Waals surface area contributed by atoms with E-state index >= 15 is 0 Å². The van der Waals surface area contributed by atoms with Crippen molar-refractivity contribution in [3.05, 3.63) is 46.7 Å². The van der Waals surface area contributed by atoms with Crippen LogP contribution in [0, 0.1) is 6.92 Å². The van der Waals surface area contributed by atoms with Gasteiger partial charge in [0.2, 0.25) is 0 Å². The van der Waals surface area contributed by atoms with Crippen LogP contribution in [0.3, 0.4) is 0 Å². The van der Waals surface area contributed by atoms with E-state index in [0.29, 0.717) is 11.7 Å². The third-order valence-electron chi connectivity index (χ3n) is 2.47. The van der Waals surface area contributed by atoms with Crippen LogP contribution in [-0.2, 0) is 6.42 Å². The van der Waals surface area contributed by atoms with Crippen LogP contribution in [0.15, 0.2) is 30.5 Å². The van der Waals surface area contributed by atoms with Crippen molar-refractivity contribution in [2.45, 2.75) is 13.3 Å². The first-order valence-electron chi connectivity index (χ1n) is 5.22. The van der Waals surface area contributed by atoms with Crippen LogP contribution in [0.2, 0.25) is 5.15 Å². The second-order valence-electron chi connectivity index (χ2n) is 3.75. The topological polar surface area (TPSA) is 43.8 Å². The van der Waals surface area contributed by atoms with Crippen molar-refractivity contribution >= 4 is 11.6 Å². The molecule has 0 fully saturated rings. The van der Waals surface area contributed by atoms with E-state index in [9.17, 15) is 0 Å². The number of nitrogens with two attached hydrogens (primary N) is 1. The smallest absolute Gasteiger partial charge is 0.136 e. The Morgan fingerprint density at radius 1 is 1.31 bits per heavy atom. The molecular formula is C12H14ClN3. The van der Waals surface area contributed by atoms with Gasteiger partial charge in [0.05, 0.1) is 11.9 Å². The first-order chi connectivity index (χ1) is 7.72. The monoisotopic (exact) mass is 235 g/mol. The molecule has 0 radical (unpaired) electrons. The lowest BCUT2D eigenvalue weighted by atomic mass is 10.2. The molecule has 1 aromatic carbocycles. The van der Waals surface area contributed by atoms with Crippen molar-refractivity contribution in [1.29, 1.82) is 0 Å². The van der Waals surface area contributed by atoms with Gasteiger partial charge in [-0.25, -0.2) is 4.68 Å². The number of nitrogens with zero attached hydrogens (tertiary/aromatic N) is 2. The Hall–Kier alpha value is -1.32. The SMILES string of the molecule is Cc1ccc(-n2ncc(CCN)c2Cl)cc1. The van der Waals surface area contributed by atoms with Crippen LogP contribution in [0.5, 0.6) is 0 Å². The maximum absolute atomic E-state index is 6.22. The largest absolute Gasteiger partial charge is 0.330 e. The molecular weight excluding hydrogens is 222 g/mol. The summed E-state index contributed by atoms with van der Waals surface area (Å²) in [5.74, 6) is 0. The van der Waals surface area contributed by atoms with Crippen LogP contribution >= 0.6 is 11.6 Å². The summed E-state index contributed by atoms with van der Waals surface area (Å²) in [6.07, 6.45) is 2.53. The first-order valence-corrected chi connectivity index (χ1v) is 5.59. The molecule has 1 aromatic heterocycles. The fourth-order valence-corrected chi connectivity index (χ4v) is 1.84. The molecule has 0 atom stereocenters. The molecule has 2 N–H and O–H groups in total. The fraction of sp³-hybridized carbons (Fsp3) is 0.250. The number of hydrogen-bond donors (Lipinski definition) is 1. The van der Waals surface area contributed by atoms with E-state index in [4.69, 9.17) is 17.3 Å². The van der Waals surface area contributed by atoms with Crippen molar-refractivity contribution < 1.29 is 0 Å². The van der Waals surface area contributed by atoms with E-state index in [2.05, 4.69) is 5.10 Å². The quantitative estimate of drug-likeness (QED) is 0.888. The van der Waals surface area contributed by atoms with Crippen LogP contribution in [0.25, 0.3) is 5.69 Å². The highest BCUT2D eigenvalue weighted by Gasteiger charge is 2.08. The van der Waals surface area contributed by atoms with Crippen molar-refractivity contribution in [3.63, 3.8) is 0 Å². The van der Waals surface area contributed by atoms with Gasteiger partial charge in [-0.05, 0) is 32.0 Å². The Balaban J connectivity index is 2.37. The Morgan fingerprint density at radius 2 is 2.00 bits per heavy atom. The average molecular weight is 236 g/mol. The summed E-state index contributed by atoms with van der Waals surface area (Å²) < 4.78 is 1.73. The fourth-order valence-electron chi connectivity index (χ4n) is 1.56. The molecule has 2 aromatic rings. The van der Waals surface area contributed by atoms with Gasteiger partial charge in [0.25, 0.3) is 0 Å². The number of aromatic nitrogens is 2. The van der Waals surface area contributed by atoms with Crippen molar-refractivity contribution in [3.8, 4) is 5.69 Å². The molecule has 0 saturated carbocycles. The zero-order valence-electron chi connectivity index (χ0n) is 9.15. The van der Waals surface area contributed by atoms with Crippen LogP contribution in [0.4, 0.5) is 0 Å². The van der Waals surface area contributed by atoms with Crippen molar-refractivity contribution in [1.82, 2.24) is 9.78 Å². The molecule has 0 aliphatic heterocycles. The minimum Gasteiger partial charge on any atom is -0.330 e. The third-order valence-corrected chi connectivity index (χ3v) is 2.88. The lowest BCUT2D eigenvalue weighted by molar-refractivity contribution is 0.879. The van der Waals surface area contributed by atoms with Crippen LogP contribution < -0.4 is 5.73 Å². The van der Waals surface area contributed by atoms with Gasteiger partial charge in [-0.1, -0.05) is 29.3 Å². The van der Waals surface area contributed by atoms with Gasteiger partial charge >= 0.3 is 0 Å². The molecule has 4 heteroatoms. The Kier molecular flexibility index (Phi) is 3.27. The summed E-state index contributed by atoms with van der Waals surface area (Å²) in [5, 5.41) is 4.91. The number of benzene rings is 1. The number of halogens is 1. The minimum absolute atomic E-state index is 0.583. The highest BCUT2D eigenvalue weighted by atomic mass is 35.5.